The quantitative estimate of drug-likeness (QED) is 0.754. The molecule has 0 aliphatic rings. The third-order valence-electron chi connectivity index (χ3n) is 1.98. The molecular formula is C11H13BrF2O. The van der Waals surface area contributed by atoms with Crippen molar-refractivity contribution in [2.24, 2.45) is 0 Å². The van der Waals surface area contributed by atoms with Crippen LogP contribution in [0.3, 0.4) is 0 Å². The van der Waals surface area contributed by atoms with E-state index in [1.807, 2.05) is 19.9 Å². The maximum Gasteiger partial charge on any atom is 0.255 e. The molecule has 0 radical (unpaired) electrons. The van der Waals surface area contributed by atoms with Gasteiger partial charge in [0.25, 0.3) is 6.43 Å². The number of ether oxygens (including phenoxy) is 1. The van der Waals surface area contributed by atoms with E-state index < -0.39 is 11.3 Å². The largest absolute Gasteiger partial charge is 0.494 e. The molecule has 15 heavy (non-hydrogen) atoms. The number of alkyl halides is 3. The van der Waals surface area contributed by atoms with Gasteiger partial charge in [0.15, 0.2) is 0 Å². The van der Waals surface area contributed by atoms with Gasteiger partial charge in [-0.2, -0.15) is 0 Å². The predicted octanol–water partition coefficient (Wildman–Crippen LogP) is 4.09. The van der Waals surface area contributed by atoms with Gasteiger partial charge in [-0.15, -0.1) is 0 Å². The lowest BCUT2D eigenvalue weighted by molar-refractivity contribution is 0.146. The van der Waals surface area contributed by atoms with E-state index in [0.717, 1.165) is 5.56 Å². The Morgan fingerprint density at radius 3 is 2.60 bits per heavy atom. The van der Waals surface area contributed by atoms with Crippen LogP contribution < -0.4 is 4.74 Å². The molecule has 0 spiro atoms. The van der Waals surface area contributed by atoms with Gasteiger partial charge in [-0.1, -0.05) is 33.6 Å². The van der Waals surface area contributed by atoms with Crippen molar-refractivity contribution in [3.8, 4) is 5.75 Å². The van der Waals surface area contributed by atoms with E-state index in [9.17, 15) is 8.78 Å². The lowest BCUT2D eigenvalue weighted by Gasteiger charge is -2.15. The molecular weight excluding hydrogens is 266 g/mol. The Morgan fingerprint density at radius 1 is 1.40 bits per heavy atom. The zero-order valence-corrected chi connectivity index (χ0v) is 10.2. The molecule has 4 heteroatoms. The van der Waals surface area contributed by atoms with E-state index in [1.165, 1.54) is 0 Å². The molecule has 1 aromatic rings. The minimum Gasteiger partial charge on any atom is -0.494 e. The Labute approximate surface area is 96.6 Å². The second kappa shape index (κ2) is 5.45. The van der Waals surface area contributed by atoms with Gasteiger partial charge in [-0.05, 0) is 19.9 Å². The predicted molar refractivity (Wildman–Crippen MR) is 60.0 cm³/mol. The molecule has 0 aromatic heterocycles. The van der Waals surface area contributed by atoms with Gasteiger partial charge in [0.1, 0.15) is 10.6 Å². The van der Waals surface area contributed by atoms with Crippen molar-refractivity contribution in [2.45, 2.75) is 25.1 Å². The van der Waals surface area contributed by atoms with E-state index in [0.29, 0.717) is 17.9 Å². The van der Waals surface area contributed by atoms with E-state index >= 15 is 0 Å². The fourth-order valence-electron chi connectivity index (χ4n) is 1.31. The van der Waals surface area contributed by atoms with Crippen molar-refractivity contribution in [1.82, 2.24) is 0 Å². The summed E-state index contributed by atoms with van der Waals surface area (Å²) in [5.74, 6) is 0.519. The molecule has 0 saturated heterocycles. The first-order valence-corrected chi connectivity index (χ1v) is 5.63. The molecule has 0 amide bonds. The number of benzene rings is 1. The maximum atomic E-state index is 12.6. The number of hydrogen-bond donors (Lipinski definition) is 0. The van der Waals surface area contributed by atoms with Gasteiger partial charge >= 0.3 is 0 Å². The molecule has 0 aliphatic heterocycles. The van der Waals surface area contributed by atoms with Crippen molar-refractivity contribution in [1.29, 1.82) is 0 Å². The standard InChI is InChI=1S/C11H13BrF2O/c1-3-15-9-5-4-7(2)6-8(9)10(12)11(13)14/h4-6,10-11H,3H2,1-2H3. The van der Waals surface area contributed by atoms with Gasteiger partial charge in [0, 0.05) is 5.56 Å². The van der Waals surface area contributed by atoms with Crippen LogP contribution in [0.4, 0.5) is 8.78 Å². The van der Waals surface area contributed by atoms with Crippen LogP contribution in [0.5, 0.6) is 5.75 Å². The van der Waals surface area contributed by atoms with Gasteiger partial charge in [0.05, 0.1) is 6.61 Å². The summed E-state index contributed by atoms with van der Waals surface area (Å²) in [4.78, 5) is -0.973. The molecule has 0 saturated carbocycles. The Bertz CT molecular complexity index is 328. The van der Waals surface area contributed by atoms with Crippen LogP contribution >= 0.6 is 15.9 Å². The first-order valence-electron chi connectivity index (χ1n) is 4.71. The number of aryl methyl sites for hydroxylation is 1. The van der Waals surface area contributed by atoms with Crippen LogP contribution in [0, 0.1) is 6.92 Å². The fourth-order valence-corrected chi connectivity index (χ4v) is 1.66. The van der Waals surface area contributed by atoms with Crippen molar-refractivity contribution >= 4 is 15.9 Å². The Balaban J connectivity index is 3.06. The first kappa shape index (κ1) is 12.4. The van der Waals surface area contributed by atoms with Crippen LogP contribution in [-0.2, 0) is 0 Å². The zero-order chi connectivity index (χ0) is 11.4. The van der Waals surface area contributed by atoms with E-state index in [4.69, 9.17) is 4.74 Å². The zero-order valence-electron chi connectivity index (χ0n) is 8.64. The SMILES string of the molecule is CCOc1ccc(C)cc1C(Br)C(F)F. The molecule has 84 valence electrons. The topological polar surface area (TPSA) is 9.23 Å². The summed E-state index contributed by atoms with van der Waals surface area (Å²) in [6, 6.07) is 5.29. The lowest BCUT2D eigenvalue weighted by Crippen LogP contribution is -2.05. The summed E-state index contributed by atoms with van der Waals surface area (Å²) in [7, 11) is 0. The molecule has 0 N–H and O–H groups in total. The second-order valence-corrected chi connectivity index (χ2v) is 4.20. The number of rotatable bonds is 4. The first-order chi connectivity index (χ1) is 7.06. The fraction of sp³-hybridized carbons (Fsp3) is 0.455. The lowest BCUT2D eigenvalue weighted by atomic mass is 10.1. The van der Waals surface area contributed by atoms with Gasteiger partial charge in [-0.3, -0.25) is 0 Å². The molecule has 1 nitrogen and oxygen atoms in total. The average molecular weight is 279 g/mol. The van der Waals surface area contributed by atoms with Crippen molar-refractivity contribution < 1.29 is 13.5 Å². The van der Waals surface area contributed by atoms with Gasteiger partial charge in [-0.25, -0.2) is 8.78 Å². The van der Waals surface area contributed by atoms with Crippen molar-refractivity contribution in [3.05, 3.63) is 29.3 Å². The maximum absolute atomic E-state index is 12.6. The third kappa shape index (κ3) is 3.16. The third-order valence-corrected chi connectivity index (χ3v) is 2.88. The molecule has 1 rings (SSSR count). The number of hydrogen-bond acceptors (Lipinski definition) is 1. The smallest absolute Gasteiger partial charge is 0.255 e. The van der Waals surface area contributed by atoms with Crippen LogP contribution in [0.2, 0.25) is 0 Å². The molecule has 0 fully saturated rings. The molecule has 1 aromatic carbocycles. The summed E-state index contributed by atoms with van der Waals surface area (Å²) in [5, 5.41) is 0. The Morgan fingerprint density at radius 2 is 2.07 bits per heavy atom. The summed E-state index contributed by atoms with van der Waals surface area (Å²) >= 11 is 2.98. The van der Waals surface area contributed by atoms with E-state index in [2.05, 4.69) is 15.9 Å². The Hall–Kier alpha value is -0.640. The summed E-state index contributed by atoms with van der Waals surface area (Å²) in [6.45, 7) is 4.17. The highest BCUT2D eigenvalue weighted by Gasteiger charge is 2.22. The van der Waals surface area contributed by atoms with Crippen LogP contribution in [0.25, 0.3) is 0 Å². The molecule has 0 aliphatic carbocycles. The second-order valence-electron chi connectivity index (χ2n) is 3.21. The van der Waals surface area contributed by atoms with Gasteiger partial charge in [0.2, 0.25) is 0 Å². The summed E-state index contributed by atoms with van der Waals surface area (Å²) < 4.78 is 30.4. The highest BCUT2D eigenvalue weighted by molar-refractivity contribution is 9.09. The molecule has 0 heterocycles. The highest BCUT2D eigenvalue weighted by Crippen LogP contribution is 2.36. The van der Waals surface area contributed by atoms with Crippen LogP contribution in [0.1, 0.15) is 22.9 Å². The Kier molecular flexibility index (Phi) is 4.51. The van der Waals surface area contributed by atoms with Crippen LogP contribution in [-0.4, -0.2) is 13.0 Å². The van der Waals surface area contributed by atoms with Crippen molar-refractivity contribution in [2.75, 3.05) is 6.61 Å². The molecule has 0 bridgehead atoms. The van der Waals surface area contributed by atoms with E-state index in [-0.39, 0.29) is 0 Å². The summed E-state index contributed by atoms with van der Waals surface area (Å²) in [5.41, 5.74) is 1.45. The normalized spacial score (nSPS) is 12.9. The average Bonchev–Trinajstić information content (AvgIpc) is 2.20. The highest BCUT2D eigenvalue weighted by atomic mass is 79.9. The number of halogens is 3. The summed E-state index contributed by atoms with van der Waals surface area (Å²) in [6.07, 6.45) is -2.44. The minimum atomic E-state index is -2.44. The molecule has 1 atom stereocenters. The van der Waals surface area contributed by atoms with Crippen LogP contribution in [0.15, 0.2) is 18.2 Å². The van der Waals surface area contributed by atoms with Gasteiger partial charge < -0.3 is 4.74 Å². The van der Waals surface area contributed by atoms with Crippen molar-refractivity contribution in [3.63, 3.8) is 0 Å². The molecule has 1 unspecified atom stereocenters. The minimum absolute atomic E-state index is 0.471. The monoisotopic (exact) mass is 278 g/mol. The van der Waals surface area contributed by atoms with E-state index in [1.54, 1.807) is 12.1 Å².